The Morgan fingerprint density at radius 3 is 2.71 bits per heavy atom. The summed E-state index contributed by atoms with van der Waals surface area (Å²) in [4.78, 5) is 24.7. The fourth-order valence-corrected chi connectivity index (χ4v) is 3.32. The topological polar surface area (TPSA) is 59.3 Å². The molecule has 0 aliphatic rings. The Labute approximate surface area is 125 Å². The minimum Gasteiger partial charge on any atom is -0.422 e. The zero-order valence-corrected chi connectivity index (χ0v) is 12.8. The Balaban J connectivity index is 2.27. The van der Waals surface area contributed by atoms with Crippen LogP contribution >= 0.6 is 11.3 Å². The van der Waals surface area contributed by atoms with Crippen LogP contribution in [0, 0.1) is 6.92 Å². The van der Waals surface area contributed by atoms with Gasteiger partial charge in [-0.1, -0.05) is 11.6 Å². The lowest BCUT2D eigenvalue weighted by Crippen LogP contribution is -2.29. The Morgan fingerprint density at radius 1 is 1.24 bits per heavy atom. The van der Waals surface area contributed by atoms with E-state index < -0.39 is 5.63 Å². The van der Waals surface area contributed by atoms with Gasteiger partial charge >= 0.3 is 5.63 Å². The minimum atomic E-state index is -0.402. The molecule has 21 heavy (non-hydrogen) atoms. The molecule has 0 radical (unpaired) electrons. The third kappa shape index (κ3) is 2.45. The quantitative estimate of drug-likeness (QED) is 0.737. The first-order chi connectivity index (χ1) is 9.95. The summed E-state index contributed by atoms with van der Waals surface area (Å²) in [6.07, 6.45) is 0. The summed E-state index contributed by atoms with van der Waals surface area (Å²) in [5.41, 5.74) is 1.23. The molecule has 1 amide bonds. The number of carbonyl (C=O) groups excluding carboxylic acids is 1. The van der Waals surface area contributed by atoms with Crippen LogP contribution in [0.5, 0.6) is 0 Å². The zero-order valence-electron chi connectivity index (χ0n) is 12.0. The second-order valence-corrected chi connectivity index (χ2v) is 6.42. The van der Waals surface area contributed by atoms with E-state index in [0.717, 1.165) is 15.6 Å². The van der Waals surface area contributed by atoms with Crippen LogP contribution in [0.2, 0.25) is 0 Å². The number of fused-ring (bicyclic) bond motifs is 3. The average molecular weight is 301 g/mol. The van der Waals surface area contributed by atoms with Crippen molar-refractivity contribution in [1.29, 1.82) is 0 Å². The van der Waals surface area contributed by atoms with Crippen molar-refractivity contribution in [2.75, 3.05) is 0 Å². The highest BCUT2D eigenvalue weighted by atomic mass is 32.1. The number of aryl methyl sites for hydroxylation is 1. The molecule has 2 aromatic heterocycles. The Bertz CT molecular complexity index is 905. The molecule has 1 N–H and O–H groups in total. The molecule has 3 aromatic rings. The van der Waals surface area contributed by atoms with E-state index in [1.165, 1.54) is 11.3 Å². The van der Waals surface area contributed by atoms with Gasteiger partial charge in [-0.3, -0.25) is 4.79 Å². The van der Waals surface area contributed by atoms with E-state index in [9.17, 15) is 9.59 Å². The van der Waals surface area contributed by atoms with Crippen molar-refractivity contribution >= 4 is 38.3 Å². The van der Waals surface area contributed by atoms with Crippen molar-refractivity contribution in [2.45, 2.75) is 26.8 Å². The van der Waals surface area contributed by atoms with E-state index in [1.54, 1.807) is 12.1 Å². The van der Waals surface area contributed by atoms with Crippen LogP contribution in [0.1, 0.15) is 29.1 Å². The summed E-state index contributed by atoms with van der Waals surface area (Å²) in [5, 5.41) is 4.18. The van der Waals surface area contributed by atoms with Crippen molar-refractivity contribution in [2.24, 2.45) is 0 Å². The molecule has 0 saturated carbocycles. The lowest BCUT2D eigenvalue weighted by molar-refractivity contribution is 0.0947. The summed E-state index contributed by atoms with van der Waals surface area (Å²) in [7, 11) is 0. The number of carbonyl (C=O) groups is 1. The normalized spacial score (nSPS) is 11.4. The van der Waals surface area contributed by atoms with E-state index in [0.29, 0.717) is 15.8 Å². The minimum absolute atomic E-state index is 0.0538. The number of hydrogen-bond donors (Lipinski definition) is 1. The first-order valence-electron chi connectivity index (χ1n) is 6.73. The van der Waals surface area contributed by atoms with Gasteiger partial charge in [-0.05, 0) is 39.0 Å². The van der Waals surface area contributed by atoms with E-state index in [4.69, 9.17) is 4.42 Å². The highest BCUT2D eigenvalue weighted by Crippen LogP contribution is 2.31. The lowest BCUT2D eigenvalue weighted by Gasteiger charge is -2.05. The molecular formula is C16H15NO3S. The Kier molecular flexibility index (Phi) is 3.29. The van der Waals surface area contributed by atoms with Crippen molar-refractivity contribution < 1.29 is 9.21 Å². The SMILES string of the molecule is Cc1ccc2oc(=O)c3cc(C(=O)NC(C)C)sc3c2c1. The highest BCUT2D eigenvalue weighted by Gasteiger charge is 2.16. The summed E-state index contributed by atoms with van der Waals surface area (Å²) >= 11 is 1.33. The highest BCUT2D eigenvalue weighted by molar-refractivity contribution is 7.21. The van der Waals surface area contributed by atoms with Gasteiger partial charge in [-0.25, -0.2) is 4.79 Å². The number of benzene rings is 1. The van der Waals surface area contributed by atoms with Crippen molar-refractivity contribution in [3.63, 3.8) is 0 Å². The fourth-order valence-electron chi connectivity index (χ4n) is 2.25. The average Bonchev–Trinajstić information content (AvgIpc) is 2.85. The third-order valence-electron chi connectivity index (χ3n) is 3.18. The van der Waals surface area contributed by atoms with Gasteiger partial charge in [0.05, 0.1) is 15.0 Å². The lowest BCUT2D eigenvalue weighted by atomic mass is 10.1. The number of thiophene rings is 1. The Morgan fingerprint density at radius 2 is 2.00 bits per heavy atom. The van der Waals surface area contributed by atoms with Gasteiger partial charge in [0.25, 0.3) is 5.91 Å². The van der Waals surface area contributed by atoms with E-state index in [2.05, 4.69) is 5.32 Å². The summed E-state index contributed by atoms with van der Waals surface area (Å²) in [6.45, 7) is 5.78. The monoisotopic (exact) mass is 301 g/mol. The van der Waals surface area contributed by atoms with Crippen LogP contribution in [0.25, 0.3) is 21.1 Å². The molecule has 1 aromatic carbocycles. The second kappa shape index (κ2) is 5.00. The molecule has 0 aliphatic carbocycles. The molecule has 0 atom stereocenters. The number of amides is 1. The zero-order chi connectivity index (χ0) is 15.1. The number of rotatable bonds is 2. The molecule has 0 saturated heterocycles. The summed E-state index contributed by atoms with van der Waals surface area (Å²) in [6, 6.07) is 7.33. The van der Waals surface area contributed by atoms with Crippen molar-refractivity contribution in [3.8, 4) is 0 Å². The van der Waals surface area contributed by atoms with Crippen LogP contribution in [-0.4, -0.2) is 11.9 Å². The van der Waals surface area contributed by atoms with E-state index in [1.807, 2.05) is 32.9 Å². The predicted octanol–water partition coefficient (Wildman–Crippen LogP) is 3.45. The second-order valence-electron chi connectivity index (χ2n) is 5.37. The largest absolute Gasteiger partial charge is 0.422 e. The molecule has 0 aliphatic heterocycles. The Hall–Kier alpha value is -2.14. The molecule has 5 heteroatoms. The van der Waals surface area contributed by atoms with Gasteiger partial charge in [0.2, 0.25) is 0 Å². The molecule has 0 unspecified atom stereocenters. The molecule has 3 rings (SSSR count). The first kappa shape index (κ1) is 13.8. The van der Waals surface area contributed by atoms with E-state index in [-0.39, 0.29) is 11.9 Å². The standard InChI is InChI=1S/C16H15NO3S/c1-8(2)17-15(18)13-7-11-14(21-13)10-6-9(3)4-5-12(10)20-16(11)19/h4-8H,1-3H3,(H,17,18). The number of hydrogen-bond acceptors (Lipinski definition) is 4. The summed E-state index contributed by atoms with van der Waals surface area (Å²) < 4.78 is 6.13. The molecule has 108 valence electrons. The summed E-state index contributed by atoms with van der Waals surface area (Å²) in [5.74, 6) is -0.161. The van der Waals surface area contributed by atoms with Gasteiger partial charge in [0.1, 0.15) is 5.58 Å². The first-order valence-corrected chi connectivity index (χ1v) is 7.55. The van der Waals surface area contributed by atoms with Crippen LogP contribution in [-0.2, 0) is 0 Å². The van der Waals surface area contributed by atoms with E-state index >= 15 is 0 Å². The molecule has 4 nitrogen and oxygen atoms in total. The van der Waals surface area contributed by atoms with Crippen molar-refractivity contribution in [1.82, 2.24) is 5.32 Å². The molecule has 0 bridgehead atoms. The van der Waals surface area contributed by atoms with Crippen LogP contribution in [0.4, 0.5) is 0 Å². The maximum atomic E-state index is 12.1. The van der Waals surface area contributed by atoms with Crippen LogP contribution in [0.3, 0.4) is 0 Å². The van der Waals surface area contributed by atoms with Crippen molar-refractivity contribution in [3.05, 3.63) is 45.1 Å². The fraction of sp³-hybridized carbons (Fsp3) is 0.250. The molecule has 2 heterocycles. The maximum absolute atomic E-state index is 12.1. The van der Waals surface area contributed by atoms with Gasteiger partial charge < -0.3 is 9.73 Å². The number of nitrogens with one attached hydrogen (secondary N) is 1. The third-order valence-corrected chi connectivity index (χ3v) is 4.35. The van der Waals surface area contributed by atoms with Gasteiger partial charge in [0.15, 0.2) is 0 Å². The van der Waals surface area contributed by atoms with Gasteiger partial charge in [0, 0.05) is 11.4 Å². The van der Waals surface area contributed by atoms with Gasteiger partial charge in [-0.15, -0.1) is 11.3 Å². The molecule has 0 fully saturated rings. The molecule has 0 spiro atoms. The predicted molar refractivity (Wildman–Crippen MR) is 85.2 cm³/mol. The maximum Gasteiger partial charge on any atom is 0.345 e. The van der Waals surface area contributed by atoms with Crippen LogP contribution in [0.15, 0.2) is 33.5 Å². The van der Waals surface area contributed by atoms with Crippen LogP contribution < -0.4 is 10.9 Å². The van der Waals surface area contributed by atoms with Gasteiger partial charge in [-0.2, -0.15) is 0 Å². The molecular weight excluding hydrogens is 286 g/mol. The smallest absolute Gasteiger partial charge is 0.345 e.